The molecule has 18 heavy (non-hydrogen) atoms. The maximum atomic E-state index is 12.9. The third-order valence-corrected chi connectivity index (χ3v) is 2.13. The summed E-state index contributed by atoms with van der Waals surface area (Å²) in [6, 6.07) is 4.86. The number of oxazole rings is 1. The molecule has 4 nitrogen and oxygen atoms in total. The molecule has 7 heteroatoms. The highest BCUT2D eigenvalue weighted by Gasteiger charge is 2.26. The van der Waals surface area contributed by atoms with Gasteiger partial charge < -0.3 is 9.52 Å². The normalized spacial score (nSPS) is 10.9. The average Bonchev–Trinajstić information content (AvgIpc) is 2.73. The molecule has 0 saturated carbocycles. The number of carboxylic acids is 1. The summed E-state index contributed by atoms with van der Waals surface area (Å²) >= 11 is 0. The molecule has 0 aliphatic rings. The highest BCUT2D eigenvalue weighted by atomic mass is 19.3. The van der Waals surface area contributed by atoms with Crippen molar-refractivity contribution >= 4 is 5.97 Å². The number of carbonyl (C=O) groups is 1. The maximum absolute atomic E-state index is 12.9. The predicted octanol–water partition coefficient (Wildman–Crippen LogP) is 3.12. The van der Waals surface area contributed by atoms with Crippen molar-refractivity contribution < 1.29 is 27.5 Å². The number of hydrogen-bond donors (Lipinski definition) is 1. The van der Waals surface area contributed by atoms with Gasteiger partial charge in [0.25, 0.3) is 6.43 Å². The fourth-order valence-electron chi connectivity index (χ4n) is 1.38. The topological polar surface area (TPSA) is 63.3 Å². The minimum atomic E-state index is -3.08. The molecule has 0 unspecified atom stereocenters. The van der Waals surface area contributed by atoms with Crippen molar-refractivity contribution in [3.8, 4) is 11.5 Å². The lowest BCUT2D eigenvalue weighted by Gasteiger charge is -1.94. The van der Waals surface area contributed by atoms with Crippen molar-refractivity contribution in [1.82, 2.24) is 4.98 Å². The molecule has 0 fully saturated rings. The fraction of sp³-hybridized carbons (Fsp3) is 0.0909. The molecule has 1 heterocycles. The van der Waals surface area contributed by atoms with Crippen LogP contribution in [0, 0.1) is 5.82 Å². The van der Waals surface area contributed by atoms with E-state index < -0.39 is 29.7 Å². The van der Waals surface area contributed by atoms with Crippen LogP contribution in [0.25, 0.3) is 11.5 Å². The Morgan fingerprint density at radius 1 is 1.39 bits per heavy atom. The highest BCUT2D eigenvalue weighted by molar-refractivity contribution is 5.86. The van der Waals surface area contributed by atoms with Crippen molar-refractivity contribution in [3.63, 3.8) is 0 Å². The van der Waals surface area contributed by atoms with Gasteiger partial charge in [0, 0.05) is 5.56 Å². The van der Waals surface area contributed by atoms with E-state index >= 15 is 0 Å². The molecule has 1 aromatic heterocycles. The van der Waals surface area contributed by atoms with Crippen molar-refractivity contribution in [3.05, 3.63) is 41.5 Å². The Hall–Kier alpha value is -2.31. The SMILES string of the molecule is O=C(O)c1oc(-c2cccc(F)c2)nc1C(F)F. The Balaban J connectivity index is 2.53. The van der Waals surface area contributed by atoms with Crippen molar-refractivity contribution in [1.29, 1.82) is 0 Å². The van der Waals surface area contributed by atoms with Gasteiger partial charge in [-0.25, -0.2) is 22.9 Å². The summed E-state index contributed by atoms with van der Waals surface area (Å²) in [4.78, 5) is 14.1. The van der Waals surface area contributed by atoms with E-state index in [1.807, 2.05) is 0 Å². The van der Waals surface area contributed by atoms with E-state index in [9.17, 15) is 18.0 Å². The van der Waals surface area contributed by atoms with Crippen LogP contribution in [0.15, 0.2) is 28.7 Å². The van der Waals surface area contributed by atoms with Crippen LogP contribution < -0.4 is 0 Å². The van der Waals surface area contributed by atoms with Gasteiger partial charge in [-0.3, -0.25) is 0 Å². The van der Waals surface area contributed by atoms with E-state index in [1.165, 1.54) is 12.1 Å². The van der Waals surface area contributed by atoms with Crippen molar-refractivity contribution in [2.45, 2.75) is 6.43 Å². The molecule has 0 bridgehead atoms. The zero-order chi connectivity index (χ0) is 13.3. The van der Waals surface area contributed by atoms with Crippen LogP contribution in [0.5, 0.6) is 0 Å². The minimum Gasteiger partial charge on any atom is -0.475 e. The second kappa shape index (κ2) is 4.52. The molecule has 94 valence electrons. The summed E-state index contributed by atoms with van der Waals surface area (Å²) < 4.78 is 42.7. The number of rotatable bonds is 3. The molecule has 2 aromatic rings. The molecule has 0 saturated heterocycles. The van der Waals surface area contributed by atoms with Gasteiger partial charge in [0.1, 0.15) is 5.82 Å². The lowest BCUT2D eigenvalue weighted by Crippen LogP contribution is -1.99. The van der Waals surface area contributed by atoms with Gasteiger partial charge in [-0.15, -0.1) is 0 Å². The smallest absolute Gasteiger partial charge is 0.374 e. The molecule has 0 spiro atoms. The molecule has 1 aromatic carbocycles. The van der Waals surface area contributed by atoms with E-state index in [0.29, 0.717) is 0 Å². The molecule has 2 rings (SSSR count). The summed E-state index contributed by atoms with van der Waals surface area (Å²) in [5.74, 6) is -3.56. The van der Waals surface area contributed by atoms with Crippen LogP contribution in [-0.2, 0) is 0 Å². The lowest BCUT2D eigenvalue weighted by molar-refractivity contribution is 0.0647. The van der Waals surface area contributed by atoms with Gasteiger partial charge in [0.2, 0.25) is 11.7 Å². The van der Waals surface area contributed by atoms with E-state index in [2.05, 4.69) is 4.98 Å². The van der Waals surface area contributed by atoms with Crippen LogP contribution in [0.3, 0.4) is 0 Å². The second-order valence-corrected chi connectivity index (χ2v) is 3.35. The van der Waals surface area contributed by atoms with Crippen molar-refractivity contribution in [2.24, 2.45) is 0 Å². The third kappa shape index (κ3) is 2.20. The van der Waals surface area contributed by atoms with E-state index in [0.717, 1.165) is 12.1 Å². The van der Waals surface area contributed by atoms with E-state index in [1.54, 1.807) is 0 Å². The van der Waals surface area contributed by atoms with Gasteiger partial charge in [-0.05, 0) is 18.2 Å². The fourth-order valence-corrected chi connectivity index (χ4v) is 1.38. The molecule has 0 atom stereocenters. The minimum absolute atomic E-state index is 0.0874. The Labute approximate surface area is 98.7 Å². The Morgan fingerprint density at radius 2 is 2.11 bits per heavy atom. The lowest BCUT2D eigenvalue weighted by atomic mass is 10.2. The zero-order valence-electron chi connectivity index (χ0n) is 8.73. The Bertz CT molecular complexity index is 595. The average molecular weight is 257 g/mol. The highest BCUT2D eigenvalue weighted by Crippen LogP contribution is 2.28. The van der Waals surface area contributed by atoms with Gasteiger partial charge in [0.05, 0.1) is 0 Å². The largest absolute Gasteiger partial charge is 0.475 e. The summed E-state index contributed by atoms with van der Waals surface area (Å²) in [6.45, 7) is 0. The first-order chi connectivity index (χ1) is 8.49. The molecular formula is C11H6F3NO3. The standard InChI is InChI=1S/C11H6F3NO3/c12-6-3-1-2-5(4-6)10-15-7(9(13)14)8(18-10)11(16)17/h1-4,9H,(H,16,17). The molecule has 0 aliphatic heterocycles. The van der Waals surface area contributed by atoms with Gasteiger partial charge in [0.15, 0.2) is 5.69 Å². The molecule has 1 N–H and O–H groups in total. The second-order valence-electron chi connectivity index (χ2n) is 3.35. The number of nitrogens with zero attached hydrogens (tertiary/aromatic N) is 1. The summed E-state index contributed by atoms with van der Waals surface area (Å²) in [5.41, 5.74) is -0.883. The first-order valence-corrected chi connectivity index (χ1v) is 4.77. The van der Waals surface area contributed by atoms with Crippen LogP contribution in [0.1, 0.15) is 22.7 Å². The summed E-state index contributed by atoms with van der Waals surface area (Å²) in [7, 11) is 0. The number of aromatic carboxylic acids is 1. The third-order valence-electron chi connectivity index (χ3n) is 2.13. The van der Waals surface area contributed by atoms with Crippen molar-refractivity contribution in [2.75, 3.05) is 0 Å². The number of hydrogen-bond acceptors (Lipinski definition) is 3. The Morgan fingerprint density at radius 3 is 2.61 bits per heavy atom. The predicted molar refractivity (Wildman–Crippen MR) is 53.8 cm³/mol. The molecular weight excluding hydrogens is 251 g/mol. The monoisotopic (exact) mass is 257 g/mol. The first kappa shape index (κ1) is 12.2. The molecule has 0 aliphatic carbocycles. The summed E-state index contributed by atoms with van der Waals surface area (Å²) in [5, 5.41) is 8.69. The zero-order valence-corrected chi connectivity index (χ0v) is 8.73. The van der Waals surface area contributed by atoms with Crippen LogP contribution in [0.4, 0.5) is 13.2 Å². The van der Waals surface area contributed by atoms with Gasteiger partial charge >= 0.3 is 5.97 Å². The molecule has 0 amide bonds. The van der Waals surface area contributed by atoms with E-state index in [4.69, 9.17) is 9.52 Å². The van der Waals surface area contributed by atoms with Crippen LogP contribution in [0.2, 0.25) is 0 Å². The summed E-state index contributed by atoms with van der Waals surface area (Å²) in [6.07, 6.45) is -3.08. The maximum Gasteiger partial charge on any atom is 0.374 e. The van der Waals surface area contributed by atoms with Crippen LogP contribution in [-0.4, -0.2) is 16.1 Å². The number of benzene rings is 1. The Kier molecular flexibility index (Phi) is 3.05. The first-order valence-electron chi connectivity index (χ1n) is 4.77. The van der Waals surface area contributed by atoms with E-state index in [-0.39, 0.29) is 11.5 Å². The molecule has 0 radical (unpaired) electrons. The van der Waals surface area contributed by atoms with Gasteiger partial charge in [-0.1, -0.05) is 6.07 Å². The quantitative estimate of drug-likeness (QED) is 0.917. The van der Waals surface area contributed by atoms with Gasteiger partial charge in [-0.2, -0.15) is 0 Å². The number of halogens is 3. The van der Waals surface area contributed by atoms with Crippen LogP contribution >= 0.6 is 0 Å². The number of alkyl halides is 2. The number of carboxylic acid groups (broad SMARTS) is 1. The number of aromatic nitrogens is 1.